The largest absolute Gasteiger partial charge is 0.385 e. The summed E-state index contributed by atoms with van der Waals surface area (Å²) in [6, 6.07) is 15.9. The minimum absolute atomic E-state index is 0.0260. The molecule has 7 heteroatoms. The van der Waals surface area contributed by atoms with E-state index in [0.717, 1.165) is 23.1 Å². The van der Waals surface area contributed by atoms with Crippen LogP contribution in [0.5, 0.6) is 0 Å². The Hall–Kier alpha value is -3.03. The summed E-state index contributed by atoms with van der Waals surface area (Å²) in [6.45, 7) is 3.27. The number of hydrogen-bond acceptors (Lipinski definition) is 4. The van der Waals surface area contributed by atoms with Crippen LogP contribution in [-0.2, 0) is 16.0 Å². The Bertz CT molecular complexity index is 1160. The van der Waals surface area contributed by atoms with Crippen LogP contribution < -0.4 is 0 Å². The zero-order valence-electron chi connectivity index (χ0n) is 19.5. The van der Waals surface area contributed by atoms with Gasteiger partial charge in [-0.3, -0.25) is 9.59 Å². The summed E-state index contributed by atoms with van der Waals surface area (Å²) in [5.41, 5.74) is 3.32. The van der Waals surface area contributed by atoms with Crippen LogP contribution in [-0.4, -0.2) is 55.0 Å². The van der Waals surface area contributed by atoms with Gasteiger partial charge in [0.1, 0.15) is 12.4 Å². The lowest BCUT2D eigenvalue weighted by molar-refractivity contribution is -0.134. The van der Waals surface area contributed by atoms with E-state index in [1.54, 1.807) is 30.6 Å². The molecule has 2 heterocycles. The molecule has 1 aliphatic heterocycles. The smallest absolute Gasteiger partial charge is 0.257 e. The van der Waals surface area contributed by atoms with Crippen LogP contribution in [0.1, 0.15) is 44.4 Å². The maximum atomic E-state index is 14.4. The number of aryl methyl sites for hydroxylation is 1. The van der Waals surface area contributed by atoms with Crippen LogP contribution in [0.2, 0.25) is 0 Å². The van der Waals surface area contributed by atoms with Crippen molar-refractivity contribution in [3.8, 4) is 0 Å². The minimum atomic E-state index is -0.588. The fourth-order valence-corrected chi connectivity index (χ4v) is 5.43. The minimum Gasteiger partial charge on any atom is -0.385 e. The number of amides is 2. The Morgan fingerprint density at radius 3 is 2.65 bits per heavy atom. The summed E-state index contributed by atoms with van der Waals surface area (Å²) < 4.78 is 19.5. The van der Waals surface area contributed by atoms with Crippen LogP contribution in [0.4, 0.5) is 4.39 Å². The molecule has 5 nitrogen and oxygen atoms in total. The van der Waals surface area contributed by atoms with E-state index in [1.807, 2.05) is 17.0 Å². The van der Waals surface area contributed by atoms with Gasteiger partial charge in [0, 0.05) is 31.7 Å². The molecule has 1 aromatic heterocycles. The molecule has 34 heavy (non-hydrogen) atoms. The van der Waals surface area contributed by atoms with Crippen LogP contribution >= 0.6 is 11.3 Å². The normalized spacial score (nSPS) is 15.1. The molecule has 1 unspecified atom stereocenters. The first-order valence-corrected chi connectivity index (χ1v) is 12.3. The lowest BCUT2D eigenvalue weighted by atomic mass is 9.90. The number of fused-ring (bicyclic) bond motifs is 1. The summed E-state index contributed by atoms with van der Waals surface area (Å²) in [6.07, 6.45) is 1.34. The van der Waals surface area contributed by atoms with Gasteiger partial charge in [0.2, 0.25) is 5.91 Å². The highest BCUT2D eigenvalue weighted by atomic mass is 32.1. The van der Waals surface area contributed by atoms with Crippen molar-refractivity contribution in [1.29, 1.82) is 0 Å². The van der Waals surface area contributed by atoms with E-state index < -0.39 is 11.7 Å². The Morgan fingerprint density at radius 2 is 1.88 bits per heavy atom. The summed E-state index contributed by atoms with van der Waals surface area (Å²) in [4.78, 5) is 31.5. The van der Waals surface area contributed by atoms with Crippen molar-refractivity contribution in [2.45, 2.75) is 25.8 Å². The summed E-state index contributed by atoms with van der Waals surface area (Å²) >= 11 is 1.72. The fraction of sp³-hybridized carbons (Fsp3) is 0.333. The second kappa shape index (κ2) is 10.9. The summed E-state index contributed by atoms with van der Waals surface area (Å²) in [5, 5.41) is 2.07. The number of carbonyl (C=O) groups excluding carboxylic acids is 2. The van der Waals surface area contributed by atoms with Crippen molar-refractivity contribution in [1.82, 2.24) is 9.80 Å². The van der Waals surface area contributed by atoms with E-state index in [4.69, 9.17) is 4.74 Å². The lowest BCUT2D eigenvalue weighted by Crippen LogP contribution is -2.47. The number of carbonyl (C=O) groups is 2. The first-order valence-electron chi connectivity index (χ1n) is 11.4. The third kappa shape index (κ3) is 5.05. The standard InChI is InChI=1S/C27H29FN2O3S/c1-19-8-3-4-9-20(19)26-22-13-17-34-24(22)12-15-30(26)25(31)18-29(14-7-16-33-2)27(32)21-10-5-6-11-23(21)28/h3-6,8-11,13,17,26H,7,12,14-16,18H2,1-2H3. The molecule has 4 rings (SSSR count). The molecule has 2 amide bonds. The molecule has 0 aliphatic carbocycles. The maximum absolute atomic E-state index is 14.4. The zero-order chi connectivity index (χ0) is 24.1. The van der Waals surface area contributed by atoms with Crippen LogP contribution in [0.25, 0.3) is 0 Å². The quantitative estimate of drug-likeness (QED) is 0.433. The molecule has 3 aromatic rings. The van der Waals surface area contributed by atoms with Crippen molar-refractivity contribution in [3.05, 3.63) is 92.9 Å². The van der Waals surface area contributed by atoms with Crippen molar-refractivity contribution in [2.75, 3.05) is 33.4 Å². The number of methoxy groups -OCH3 is 1. The average molecular weight is 481 g/mol. The molecule has 2 aromatic carbocycles. The van der Waals surface area contributed by atoms with E-state index in [-0.39, 0.29) is 24.1 Å². The van der Waals surface area contributed by atoms with Crippen molar-refractivity contribution in [2.24, 2.45) is 0 Å². The molecule has 0 spiro atoms. The number of nitrogens with zero attached hydrogens (tertiary/aromatic N) is 2. The molecular weight excluding hydrogens is 451 g/mol. The van der Waals surface area contributed by atoms with E-state index >= 15 is 0 Å². The van der Waals surface area contributed by atoms with Gasteiger partial charge in [-0.05, 0) is 60.0 Å². The van der Waals surface area contributed by atoms with Crippen molar-refractivity contribution in [3.63, 3.8) is 0 Å². The van der Waals surface area contributed by atoms with Gasteiger partial charge >= 0.3 is 0 Å². The highest BCUT2D eigenvalue weighted by Crippen LogP contribution is 2.39. The van der Waals surface area contributed by atoms with Gasteiger partial charge in [-0.2, -0.15) is 0 Å². The van der Waals surface area contributed by atoms with Crippen LogP contribution in [0.3, 0.4) is 0 Å². The SMILES string of the molecule is COCCCN(CC(=O)N1CCc2sccc2C1c1ccccc1C)C(=O)c1ccccc1F. The molecule has 1 aliphatic rings. The summed E-state index contributed by atoms with van der Waals surface area (Å²) in [5.74, 6) is -1.22. The molecule has 0 bridgehead atoms. The van der Waals surface area contributed by atoms with Gasteiger partial charge in [0.15, 0.2) is 0 Å². The predicted octanol–water partition coefficient (Wildman–Crippen LogP) is 4.85. The van der Waals surface area contributed by atoms with Gasteiger partial charge in [0.25, 0.3) is 5.91 Å². The molecular formula is C27H29FN2O3S. The fourth-order valence-electron chi connectivity index (χ4n) is 4.53. The number of hydrogen-bond donors (Lipinski definition) is 0. The molecule has 0 saturated heterocycles. The van der Waals surface area contributed by atoms with Gasteiger partial charge in [-0.1, -0.05) is 36.4 Å². The number of halogens is 1. The third-order valence-electron chi connectivity index (χ3n) is 6.26. The maximum Gasteiger partial charge on any atom is 0.257 e. The van der Waals surface area contributed by atoms with Gasteiger partial charge < -0.3 is 14.5 Å². The summed E-state index contributed by atoms with van der Waals surface area (Å²) in [7, 11) is 1.59. The molecule has 1 atom stereocenters. The van der Waals surface area contributed by atoms with Crippen LogP contribution in [0, 0.1) is 12.7 Å². The third-order valence-corrected chi connectivity index (χ3v) is 7.26. The first-order chi connectivity index (χ1) is 16.5. The topological polar surface area (TPSA) is 49.9 Å². The Labute approximate surface area is 203 Å². The van der Waals surface area contributed by atoms with Gasteiger partial charge in [0.05, 0.1) is 11.6 Å². The molecule has 0 radical (unpaired) electrons. The number of benzene rings is 2. The Kier molecular flexibility index (Phi) is 7.75. The highest BCUT2D eigenvalue weighted by Gasteiger charge is 2.34. The first kappa shape index (κ1) is 24.1. The van der Waals surface area contributed by atoms with Gasteiger partial charge in [-0.15, -0.1) is 11.3 Å². The number of rotatable bonds is 8. The lowest BCUT2D eigenvalue weighted by Gasteiger charge is -2.38. The van der Waals surface area contributed by atoms with E-state index in [0.29, 0.717) is 26.1 Å². The molecule has 0 saturated carbocycles. The number of thiophene rings is 1. The van der Waals surface area contributed by atoms with Crippen molar-refractivity contribution < 1.29 is 18.7 Å². The molecule has 0 fully saturated rings. The number of ether oxygens (including phenoxy) is 1. The predicted molar refractivity (Wildman–Crippen MR) is 132 cm³/mol. The van der Waals surface area contributed by atoms with Gasteiger partial charge in [-0.25, -0.2) is 4.39 Å². The Balaban J connectivity index is 1.62. The monoisotopic (exact) mass is 480 g/mol. The molecule has 0 N–H and O–H groups in total. The second-order valence-corrected chi connectivity index (χ2v) is 9.45. The van der Waals surface area contributed by atoms with Crippen molar-refractivity contribution >= 4 is 23.2 Å². The zero-order valence-corrected chi connectivity index (χ0v) is 20.3. The highest BCUT2D eigenvalue weighted by molar-refractivity contribution is 7.10. The average Bonchev–Trinajstić information content (AvgIpc) is 3.32. The second-order valence-electron chi connectivity index (χ2n) is 8.45. The van der Waals surface area contributed by atoms with Crippen LogP contribution in [0.15, 0.2) is 60.0 Å². The van der Waals surface area contributed by atoms with E-state index in [2.05, 4.69) is 30.5 Å². The molecule has 178 valence electrons. The van der Waals surface area contributed by atoms with E-state index in [1.165, 1.54) is 21.9 Å². The Morgan fingerprint density at radius 1 is 1.12 bits per heavy atom. The van der Waals surface area contributed by atoms with E-state index in [9.17, 15) is 14.0 Å².